The Morgan fingerprint density at radius 2 is 1.95 bits per heavy atom. The molecule has 2 aromatic carbocycles. The first-order valence-electron chi connectivity index (χ1n) is 7.51. The van der Waals surface area contributed by atoms with E-state index >= 15 is 0 Å². The van der Waals surface area contributed by atoms with Crippen LogP contribution in [0.5, 0.6) is 0 Å². The van der Waals surface area contributed by atoms with Gasteiger partial charge in [-0.2, -0.15) is 0 Å². The summed E-state index contributed by atoms with van der Waals surface area (Å²) in [7, 11) is 0. The van der Waals surface area contributed by atoms with Gasteiger partial charge >= 0.3 is 0 Å². The molecular formula is C18H21FN2. The average Bonchev–Trinajstić information content (AvgIpc) is 2.43. The third-order valence-corrected chi connectivity index (χ3v) is 4.55. The summed E-state index contributed by atoms with van der Waals surface area (Å²) < 4.78 is 13.9. The minimum Gasteiger partial charge on any atom is -0.271 e. The van der Waals surface area contributed by atoms with Crippen molar-refractivity contribution in [1.82, 2.24) is 5.43 Å². The molecule has 0 spiro atoms. The van der Waals surface area contributed by atoms with Gasteiger partial charge in [-0.05, 0) is 54.0 Å². The fourth-order valence-corrected chi connectivity index (χ4v) is 3.02. The highest BCUT2D eigenvalue weighted by molar-refractivity contribution is 5.40. The van der Waals surface area contributed by atoms with E-state index in [-0.39, 0.29) is 11.9 Å². The van der Waals surface area contributed by atoms with Crippen LogP contribution in [-0.2, 0) is 0 Å². The summed E-state index contributed by atoms with van der Waals surface area (Å²) in [5.41, 5.74) is 6.88. The largest absolute Gasteiger partial charge is 0.271 e. The minimum atomic E-state index is -0.186. The zero-order valence-corrected chi connectivity index (χ0v) is 12.3. The lowest BCUT2D eigenvalue weighted by molar-refractivity contribution is 0.414. The van der Waals surface area contributed by atoms with Crippen molar-refractivity contribution in [1.29, 1.82) is 0 Å². The van der Waals surface area contributed by atoms with Crippen LogP contribution in [0.1, 0.15) is 53.5 Å². The van der Waals surface area contributed by atoms with Crippen molar-refractivity contribution in [3.05, 3.63) is 70.5 Å². The molecule has 3 heteroatoms. The predicted molar refractivity (Wildman–Crippen MR) is 83.3 cm³/mol. The summed E-state index contributed by atoms with van der Waals surface area (Å²) in [6, 6.07) is 13.5. The van der Waals surface area contributed by atoms with Gasteiger partial charge < -0.3 is 0 Å². The van der Waals surface area contributed by atoms with E-state index in [1.165, 1.54) is 24.8 Å². The number of hydrazine groups is 1. The molecule has 1 unspecified atom stereocenters. The number of halogens is 1. The zero-order valence-electron chi connectivity index (χ0n) is 12.3. The predicted octanol–water partition coefficient (Wildman–Crippen LogP) is 3.95. The van der Waals surface area contributed by atoms with Crippen LogP contribution in [0.15, 0.2) is 42.5 Å². The van der Waals surface area contributed by atoms with E-state index in [0.717, 1.165) is 11.1 Å². The molecule has 1 saturated carbocycles. The van der Waals surface area contributed by atoms with Crippen LogP contribution in [0, 0.1) is 12.7 Å². The van der Waals surface area contributed by atoms with E-state index < -0.39 is 0 Å². The van der Waals surface area contributed by atoms with Gasteiger partial charge in [-0.15, -0.1) is 0 Å². The fourth-order valence-electron chi connectivity index (χ4n) is 3.02. The van der Waals surface area contributed by atoms with Gasteiger partial charge in [0.05, 0.1) is 6.04 Å². The second kappa shape index (κ2) is 5.96. The number of benzene rings is 2. The first kappa shape index (κ1) is 14.2. The quantitative estimate of drug-likeness (QED) is 0.659. The van der Waals surface area contributed by atoms with Crippen molar-refractivity contribution < 1.29 is 4.39 Å². The third kappa shape index (κ3) is 2.71. The molecule has 2 aromatic rings. The van der Waals surface area contributed by atoms with Crippen LogP contribution in [0.4, 0.5) is 4.39 Å². The Hall–Kier alpha value is -1.71. The summed E-state index contributed by atoms with van der Waals surface area (Å²) in [5, 5.41) is 0. The van der Waals surface area contributed by atoms with Crippen molar-refractivity contribution in [2.75, 3.05) is 0 Å². The van der Waals surface area contributed by atoms with E-state index in [1.807, 2.05) is 12.1 Å². The van der Waals surface area contributed by atoms with Gasteiger partial charge in [0.1, 0.15) is 5.82 Å². The lowest BCUT2D eigenvalue weighted by atomic mass is 9.76. The molecule has 0 bridgehead atoms. The number of nitrogens with two attached hydrogens (primary N) is 1. The molecule has 0 heterocycles. The first-order valence-corrected chi connectivity index (χ1v) is 7.51. The molecule has 110 valence electrons. The summed E-state index contributed by atoms with van der Waals surface area (Å²) in [6.07, 6.45) is 3.76. The number of hydrogen-bond acceptors (Lipinski definition) is 2. The Morgan fingerprint density at radius 3 is 2.57 bits per heavy atom. The summed E-state index contributed by atoms with van der Waals surface area (Å²) in [4.78, 5) is 0. The molecule has 0 radical (unpaired) electrons. The summed E-state index contributed by atoms with van der Waals surface area (Å²) >= 11 is 0. The molecule has 3 N–H and O–H groups in total. The van der Waals surface area contributed by atoms with E-state index in [1.54, 1.807) is 19.1 Å². The number of nitrogens with one attached hydrogen (secondary N) is 1. The molecule has 0 saturated heterocycles. The van der Waals surface area contributed by atoms with Gasteiger partial charge in [-0.25, -0.2) is 9.82 Å². The highest BCUT2D eigenvalue weighted by atomic mass is 19.1. The van der Waals surface area contributed by atoms with Gasteiger partial charge in [-0.1, -0.05) is 42.8 Å². The summed E-state index contributed by atoms with van der Waals surface area (Å²) in [5.74, 6) is 6.21. The molecule has 21 heavy (non-hydrogen) atoms. The van der Waals surface area contributed by atoms with Gasteiger partial charge in [0.25, 0.3) is 0 Å². The zero-order chi connectivity index (χ0) is 14.8. The summed E-state index contributed by atoms with van der Waals surface area (Å²) in [6.45, 7) is 1.77. The third-order valence-electron chi connectivity index (χ3n) is 4.55. The Balaban J connectivity index is 2.01. The van der Waals surface area contributed by atoms with Crippen LogP contribution in [-0.4, -0.2) is 0 Å². The Bertz CT molecular complexity index is 635. The molecule has 0 aliphatic heterocycles. The van der Waals surface area contributed by atoms with Gasteiger partial charge in [0.2, 0.25) is 0 Å². The van der Waals surface area contributed by atoms with Gasteiger partial charge in [-0.3, -0.25) is 5.84 Å². The van der Waals surface area contributed by atoms with Crippen LogP contribution in [0.2, 0.25) is 0 Å². The van der Waals surface area contributed by atoms with Gasteiger partial charge in [0.15, 0.2) is 0 Å². The highest BCUT2D eigenvalue weighted by Crippen LogP contribution is 2.40. The van der Waals surface area contributed by atoms with Crippen LogP contribution in [0.25, 0.3) is 0 Å². The molecular weight excluding hydrogens is 263 g/mol. The number of hydrogen-bond donors (Lipinski definition) is 2. The molecule has 0 aromatic heterocycles. The van der Waals surface area contributed by atoms with Crippen molar-refractivity contribution in [2.45, 2.75) is 38.1 Å². The van der Waals surface area contributed by atoms with Crippen molar-refractivity contribution in [3.63, 3.8) is 0 Å². The molecule has 0 amide bonds. The van der Waals surface area contributed by atoms with Crippen molar-refractivity contribution >= 4 is 0 Å². The maximum absolute atomic E-state index is 13.9. The molecule has 1 aliphatic carbocycles. The average molecular weight is 284 g/mol. The normalized spacial score (nSPS) is 16.5. The van der Waals surface area contributed by atoms with Crippen molar-refractivity contribution in [2.24, 2.45) is 5.84 Å². The number of aryl methyl sites for hydroxylation is 1. The maximum atomic E-state index is 13.9. The molecule has 3 rings (SSSR count). The fraction of sp³-hybridized carbons (Fsp3) is 0.333. The van der Waals surface area contributed by atoms with E-state index in [2.05, 4.69) is 23.6 Å². The lowest BCUT2D eigenvalue weighted by Crippen LogP contribution is -2.30. The van der Waals surface area contributed by atoms with E-state index in [9.17, 15) is 4.39 Å². The first-order chi connectivity index (χ1) is 10.2. The second-order valence-electron chi connectivity index (χ2n) is 5.87. The van der Waals surface area contributed by atoms with Crippen LogP contribution >= 0.6 is 0 Å². The molecule has 1 aliphatic rings. The van der Waals surface area contributed by atoms with E-state index in [0.29, 0.717) is 11.5 Å². The Labute approximate surface area is 125 Å². The monoisotopic (exact) mass is 284 g/mol. The van der Waals surface area contributed by atoms with Crippen LogP contribution in [0.3, 0.4) is 0 Å². The molecule has 2 nitrogen and oxygen atoms in total. The Kier molecular flexibility index (Phi) is 4.04. The SMILES string of the molecule is Cc1ccc(C(NN)c2ccccc2C2CCC2)cc1F. The smallest absolute Gasteiger partial charge is 0.126 e. The van der Waals surface area contributed by atoms with Crippen molar-refractivity contribution in [3.8, 4) is 0 Å². The second-order valence-corrected chi connectivity index (χ2v) is 5.87. The standard InChI is InChI=1S/C18H21FN2/c1-12-9-10-14(11-17(12)19)18(21-20)16-8-3-2-7-15(16)13-5-4-6-13/h2-3,7-11,13,18,21H,4-6,20H2,1H3. The van der Waals surface area contributed by atoms with Gasteiger partial charge in [0, 0.05) is 0 Å². The highest BCUT2D eigenvalue weighted by Gasteiger charge is 2.25. The molecule has 1 fully saturated rings. The Morgan fingerprint density at radius 1 is 1.19 bits per heavy atom. The minimum absolute atomic E-state index is 0.170. The topological polar surface area (TPSA) is 38.0 Å². The lowest BCUT2D eigenvalue weighted by Gasteiger charge is -2.30. The van der Waals surface area contributed by atoms with E-state index in [4.69, 9.17) is 5.84 Å². The number of rotatable bonds is 4. The molecule has 1 atom stereocenters. The maximum Gasteiger partial charge on any atom is 0.126 e. The van der Waals surface area contributed by atoms with Crippen LogP contribution < -0.4 is 11.3 Å².